The molecule has 17 rings (SSSR count). The Bertz CT molecular complexity index is 4870. The fraction of sp³-hybridized carbons (Fsp3) is 0.250. The molecule has 0 bridgehead atoms. The van der Waals surface area contributed by atoms with Crippen molar-refractivity contribution < 1.29 is 4.39 Å². The summed E-state index contributed by atoms with van der Waals surface area (Å²) in [5.41, 5.74) is 20.5. The second-order valence-electron chi connectivity index (χ2n) is 25.7. The van der Waals surface area contributed by atoms with Crippen molar-refractivity contribution in [3.8, 4) is 97.1 Å². The van der Waals surface area contributed by atoms with Crippen LogP contribution in [0.4, 0.5) is 21.6 Å². The second-order valence-corrected chi connectivity index (χ2v) is 25.7. The Balaban J connectivity index is 0.000000118. The molecule has 474 valence electrons. The van der Waals surface area contributed by atoms with Crippen LogP contribution >= 0.6 is 0 Å². The molecular weight excluding hydrogens is 1180 g/mol. The first-order valence-electron chi connectivity index (χ1n) is 32.6. The summed E-state index contributed by atoms with van der Waals surface area (Å²) in [6, 6.07) is 49.1. The summed E-state index contributed by atoms with van der Waals surface area (Å²) in [5.74, 6) is 4.82. The number of halogens is 1. The summed E-state index contributed by atoms with van der Waals surface area (Å²) in [6.07, 6.45) is 20.2. The van der Waals surface area contributed by atoms with Gasteiger partial charge in [-0.1, -0.05) is 50.2 Å². The van der Waals surface area contributed by atoms with Crippen molar-refractivity contribution in [1.82, 2.24) is 62.8 Å². The number of rotatable bonds is 11. The van der Waals surface area contributed by atoms with Gasteiger partial charge in [0.2, 0.25) is 0 Å². The van der Waals surface area contributed by atoms with Crippen molar-refractivity contribution in [2.45, 2.75) is 52.4 Å². The molecule has 0 radical (unpaired) electrons. The Morgan fingerprint density at radius 3 is 1.71 bits per heavy atom. The molecule has 2 N–H and O–H groups in total. The minimum atomic E-state index is -0.218. The number of nitrogens with one attached hydrogen (secondary N) is 2. The van der Waals surface area contributed by atoms with Gasteiger partial charge < -0.3 is 39.0 Å². The minimum absolute atomic E-state index is 0.218. The van der Waals surface area contributed by atoms with E-state index in [0.29, 0.717) is 29.0 Å². The first-order valence-corrected chi connectivity index (χ1v) is 32.6. The molecule has 0 amide bonds. The third kappa shape index (κ3) is 11.6. The molecule has 95 heavy (non-hydrogen) atoms. The monoisotopic (exact) mass is 1260 g/mol. The SMILES string of the molecule is CCCNc1ccc2c(c1)Cn1cc(-c3ccc(C#N)cc3)cc1-c1nccn1-2.CN(C)[C@@H]1CCN(c2cc3c(cn2)-n2cnnc2-c2cc(-c4ccc(C#N)cc4)cn2C3)C1.CNC[C@@H]1CN(c2ccc3c(c2)Cn2cc(-c4ccc(F)cc4)cc2-c2nccn2-3)C[C@@H]1C. The van der Waals surface area contributed by atoms with E-state index in [2.05, 4.69) is 188 Å². The highest BCUT2D eigenvalue weighted by Gasteiger charge is 2.32. The first-order chi connectivity index (χ1) is 46.5. The highest BCUT2D eigenvalue weighted by molar-refractivity contribution is 5.76. The molecule has 18 nitrogen and oxygen atoms in total. The summed E-state index contributed by atoms with van der Waals surface area (Å²) in [5, 5.41) is 33.6. The van der Waals surface area contributed by atoms with Crippen molar-refractivity contribution in [3.05, 3.63) is 223 Å². The molecule has 5 aromatic carbocycles. The van der Waals surface area contributed by atoms with E-state index in [1.165, 1.54) is 45.9 Å². The van der Waals surface area contributed by atoms with E-state index in [0.717, 1.165) is 157 Å². The Morgan fingerprint density at radius 2 is 1.15 bits per heavy atom. The number of anilines is 3. The van der Waals surface area contributed by atoms with Crippen LogP contribution in [-0.4, -0.2) is 124 Å². The number of benzene rings is 5. The van der Waals surface area contributed by atoms with Crippen molar-refractivity contribution in [2.75, 3.05) is 75.5 Å². The highest BCUT2D eigenvalue weighted by atomic mass is 19.1. The van der Waals surface area contributed by atoms with Gasteiger partial charge in [0.05, 0.1) is 63.6 Å². The molecule has 7 aromatic heterocycles. The third-order valence-electron chi connectivity index (χ3n) is 19.4. The standard InChI is InChI=1S/C27H28FN5.C25H24N8.C24H21N5/c1-18-14-31(17-22(18)13-29-2)24-7-8-25-21(11-24)16-32-15-20(19-3-5-23(28)6-4-19)12-26(32)27-30-9-10-33(25)27;1-30(2)21-7-8-31(15-21)24-10-20-14-32-13-19(18-5-3-17(11-26)4-6-18)9-22(32)25-29-28-16-33(25)23(20)12-27-24;1-2-9-26-21-7-8-22-20(12-21)16-28-15-19(18-5-3-17(14-25)4-6-18)13-23(28)24-27-10-11-29(22)24/h3-12,15,18,22,29H,13-14,16-17H2,1-2H3;3-6,9-10,12-13,16,21H,7-8,14-15H2,1-2H3;3-8,10-13,15,26H,2,9,16H2,1H3/t18-,22+;21-;/m01./s1. The maximum absolute atomic E-state index is 13.4. The van der Waals surface area contributed by atoms with Crippen LogP contribution in [0.25, 0.3) is 85.0 Å². The van der Waals surface area contributed by atoms with Crippen LogP contribution in [0.2, 0.25) is 0 Å². The van der Waals surface area contributed by atoms with Crippen LogP contribution < -0.4 is 20.4 Å². The predicted molar refractivity (Wildman–Crippen MR) is 371 cm³/mol. The van der Waals surface area contributed by atoms with E-state index >= 15 is 0 Å². The van der Waals surface area contributed by atoms with Gasteiger partial charge in [0, 0.05) is 135 Å². The van der Waals surface area contributed by atoms with Gasteiger partial charge in [-0.2, -0.15) is 10.5 Å². The Hall–Kier alpha value is -11.1. The van der Waals surface area contributed by atoms with Gasteiger partial charge in [-0.05, 0) is 177 Å². The molecule has 19 heteroatoms. The van der Waals surface area contributed by atoms with Crippen molar-refractivity contribution in [1.29, 1.82) is 10.5 Å². The fourth-order valence-electron chi connectivity index (χ4n) is 14.2. The number of fused-ring (bicyclic) bond motifs is 15. The number of aromatic nitrogens is 11. The number of nitriles is 2. The third-order valence-corrected chi connectivity index (χ3v) is 19.4. The molecule has 0 unspecified atom stereocenters. The lowest BCUT2D eigenvalue weighted by Crippen LogP contribution is -2.31. The van der Waals surface area contributed by atoms with Crippen LogP contribution in [0.15, 0.2) is 189 Å². The normalized spacial score (nSPS) is 16.1. The Kier molecular flexibility index (Phi) is 16.1. The molecule has 12 heterocycles. The molecule has 5 aliphatic heterocycles. The van der Waals surface area contributed by atoms with Gasteiger partial charge in [0.15, 0.2) is 17.5 Å². The van der Waals surface area contributed by atoms with Crippen LogP contribution in [0, 0.1) is 40.3 Å². The molecule has 0 saturated carbocycles. The topological polar surface area (TPSA) is 175 Å². The summed E-state index contributed by atoms with van der Waals surface area (Å²) in [4.78, 5) is 21.3. The Labute approximate surface area is 552 Å². The lowest BCUT2D eigenvalue weighted by atomic mass is 9.98. The predicted octanol–water partition coefficient (Wildman–Crippen LogP) is 13.0. The quantitative estimate of drug-likeness (QED) is 0.126. The molecule has 12 aromatic rings. The zero-order valence-electron chi connectivity index (χ0n) is 53.9. The number of hydrogen-bond donors (Lipinski definition) is 2. The summed E-state index contributed by atoms with van der Waals surface area (Å²) < 4.78 is 26.6. The molecule has 5 aliphatic rings. The zero-order chi connectivity index (χ0) is 64.8. The zero-order valence-corrected chi connectivity index (χ0v) is 53.9. The lowest BCUT2D eigenvalue weighted by Gasteiger charge is -2.22. The van der Waals surface area contributed by atoms with Crippen LogP contribution in [0.3, 0.4) is 0 Å². The molecular formula is C76H73FN18. The largest absolute Gasteiger partial charge is 0.385 e. The van der Waals surface area contributed by atoms with E-state index in [-0.39, 0.29) is 5.82 Å². The van der Waals surface area contributed by atoms with Crippen molar-refractivity contribution >= 4 is 17.2 Å². The van der Waals surface area contributed by atoms with Crippen LogP contribution in [0.5, 0.6) is 0 Å². The van der Waals surface area contributed by atoms with Gasteiger partial charge >= 0.3 is 0 Å². The summed E-state index contributed by atoms with van der Waals surface area (Å²) >= 11 is 0. The number of likely N-dealkylation sites (N-methyl/N-ethyl adjacent to an activating group) is 1. The number of nitrogens with zero attached hydrogens (tertiary/aromatic N) is 16. The minimum Gasteiger partial charge on any atom is -0.385 e. The van der Waals surface area contributed by atoms with Gasteiger partial charge in [-0.15, -0.1) is 10.2 Å². The highest BCUT2D eigenvalue weighted by Crippen LogP contribution is 2.40. The lowest BCUT2D eigenvalue weighted by molar-refractivity contribution is 0.315. The summed E-state index contributed by atoms with van der Waals surface area (Å²) in [7, 11) is 6.33. The van der Waals surface area contributed by atoms with Crippen LogP contribution in [-0.2, 0) is 19.6 Å². The van der Waals surface area contributed by atoms with Gasteiger partial charge in [0.25, 0.3) is 0 Å². The molecule has 0 spiro atoms. The first kappa shape index (κ1) is 60.1. The molecule has 0 aliphatic carbocycles. The van der Waals surface area contributed by atoms with Crippen LogP contribution in [0.1, 0.15) is 54.5 Å². The maximum atomic E-state index is 13.4. The molecule has 2 saturated heterocycles. The van der Waals surface area contributed by atoms with E-state index in [4.69, 9.17) is 15.5 Å². The van der Waals surface area contributed by atoms with Gasteiger partial charge in [0.1, 0.15) is 18.0 Å². The smallest absolute Gasteiger partial charge is 0.185 e. The summed E-state index contributed by atoms with van der Waals surface area (Å²) in [6.45, 7) is 13.0. The number of imidazole rings is 2. The Morgan fingerprint density at radius 1 is 0.589 bits per heavy atom. The number of hydrogen-bond acceptors (Lipinski definition) is 12. The number of pyridine rings is 1. The fourth-order valence-corrected chi connectivity index (χ4v) is 14.2. The van der Waals surface area contributed by atoms with E-state index in [1.807, 2.05) is 103 Å². The molecule has 2 fully saturated rings. The van der Waals surface area contributed by atoms with E-state index in [1.54, 1.807) is 6.33 Å². The van der Waals surface area contributed by atoms with Gasteiger partial charge in [-0.3, -0.25) is 13.7 Å². The van der Waals surface area contributed by atoms with E-state index in [9.17, 15) is 4.39 Å². The van der Waals surface area contributed by atoms with Gasteiger partial charge in [-0.25, -0.2) is 19.3 Å². The molecule has 3 atom stereocenters. The van der Waals surface area contributed by atoms with E-state index < -0.39 is 0 Å². The average Bonchev–Trinajstić information content (AvgIpc) is 1.64. The second kappa shape index (κ2) is 25.4. The maximum Gasteiger partial charge on any atom is 0.185 e. The van der Waals surface area contributed by atoms with Crippen molar-refractivity contribution in [2.24, 2.45) is 11.8 Å². The van der Waals surface area contributed by atoms with Crippen molar-refractivity contribution in [3.63, 3.8) is 0 Å². The average molecular weight is 1260 g/mol.